The Morgan fingerprint density at radius 3 is 2.91 bits per heavy atom. The molecule has 0 atom stereocenters. The predicted octanol–water partition coefficient (Wildman–Crippen LogP) is 2.42. The second-order valence-corrected chi connectivity index (χ2v) is 6.93. The highest BCUT2D eigenvalue weighted by atomic mass is 32.1. The first-order valence-electron chi connectivity index (χ1n) is 8.06. The van der Waals surface area contributed by atoms with Crippen molar-refractivity contribution in [3.63, 3.8) is 0 Å². The molecule has 0 saturated carbocycles. The fraction of sp³-hybridized carbons (Fsp3) is 0.471. The summed E-state index contributed by atoms with van der Waals surface area (Å²) >= 11 is 1.74. The molecule has 1 aliphatic heterocycles. The number of aryl methyl sites for hydroxylation is 1. The molecule has 3 heterocycles. The predicted molar refractivity (Wildman–Crippen MR) is 92.7 cm³/mol. The largest absolute Gasteiger partial charge is 0.356 e. The lowest BCUT2D eigenvalue weighted by molar-refractivity contribution is -0.125. The first-order chi connectivity index (χ1) is 11.2. The molecule has 1 saturated heterocycles. The molecule has 1 fully saturated rings. The first kappa shape index (κ1) is 15.9. The van der Waals surface area contributed by atoms with Crippen LogP contribution in [0.3, 0.4) is 0 Å². The van der Waals surface area contributed by atoms with E-state index in [-0.39, 0.29) is 11.8 Å². The zero-order valence-electron chi connectivity index (χ0n) is 13.4. The Balaban J connectivity index is 1.44. The van der Waals surface area contributed by atoms with Crippen LogP contribution >= 0.6 is 11.3 Å². The molecule has 1 N–H and O–H groups in total. The zero-order chi connectivity index (χ0) is 16.1. The van der Waals surface area contributed by atoms with Crippen molar-refractivity contribution in [3.8, 4) is 0 Å². The number of carbonyl (C=O) groups excluding carboxylic acids is 1. The highest BCUT2D eigenvalue weighted by molar-refractivity contribution is 7.09. The summed E-state index contributed by atoms with van der Waals surface area (Å²) in [6.45, 7) is 4.45. The Morgan fingerprint density at radius 1 is 1.39 bits per heavy atom. The summed E-state index contributed by atoms with van der Waals surface area (Å²) in [7, 11) is 0. The number of rotatable bonds is 5. The van der Waals surface area contributed by atoms with E-state index < -0.39 is 0 Å². The van der Waals surface area contributed by atoms with Gasteiger partial charge in [0.05, 0.1) is 0 Å². The van der Waals surface area contributed by atoms with Crippen molar-refractivity contribution in [1.29, 1.82) is 0 Å². The van der Waals surface area contributed by atoms with Crippen LogP contribution in [0.15, 0.2) is 29.9 Å². The van der Waals surface area contributed by atoms with Gasteiger partial charge in [-0.2, -0.15) is 0 Å². The van der Waals surface area contributed by atoms with Crippen LogP contribution in [0.5, 0.6) is 0 Å². The van der Waals surface area contributed by atoms with Gasteiger partial charge in [0.15, 0.2) is 0 Å². The van der Waals surface area contributed by atoms with Gasteiger partial charge in [-0.3, -0.25) is 4.79 Å². The highest BCUT2D eigenvalue weighted by Gasteiger charge is 2.25. The molecule has 1 aliphatic rings. The van der Waals surface area contributed by atoms with Gasteiger partial charge in [-0.15, -0.1) is 11.3 Å². The third-order valence-electron chi connectivity index (χ3n) is 4.23. The Kier molecular flexibility index (Phi) is 5.23. The highest BCUT2D eigenvalue weighted by Crippen LogP contribution is 2.22. The lowest BCUT2D eigenvalue weighted by Crippen LogP contribution is -2.41. The molecule has 2 aromatic rings. The van der Waals surface area contributed by atoms with Crippen molar-refractivity contribution in [3.05, 3.63) is 40.5 Å². The van der Waals surface area contributed by atoms with Crippen LogP contribution in [0.4, 0.5) is 5.82 Å². The van der Waals surface area contributed by atoms with Crippen molar-refractivity contribution in [2.45, 2.75) is 26.2 Å². The molecule has 0 unspecified atom stereocenters. The number of hydrogen-bond donors (Lipinski definition) is 1. The topological polar surface area (TPSA) is 58.1 Å². The molecule has 0 aliphatic carbocycles. The molecule has 0 radical (unpaired) electrons. The van der Waals surface area contributed by atoms with Gasteiger partial charge in [0.25, 0.3) is 0 Å². The van der Waals surface area contributed by atoms with Crippen molar-refractivity contribution in [1.82, 2.24) is 15.3 Å². The lowest BCUT2D eigenvalue weighted by atomic mass is 9.96. The van der Waals surface area contributed by atoms with Gasteiger partial charge in [0.2, 0.25) is 5.91 Å². The molecule has 0 aromatic carbocycles. The van der Waals surface area contributed by atoms with Crippen LogP contribution in [0, 0.1) is 12.8 Å². The van der Waals surface area contributed by atoms with Gasteiger partial charge in [0.1, 0.15) is 12.1 Å². The summed E-state index contributed by atoms with van der Waals surface area (Å²) < 4.78 is 0. The van der Waals surface area contributed by atoms with Crippen molar-refractivity contribution < 1.29 is 4.79 Å². The second kappa shape index (κ2) is 7.55. The van der Waals surface area contributed by atoms with Crippen LogP contribution in [-0.2, 0) is 11.2 Å². The van der Waals surface area contributed by atoms with Gasteiger partial charge in [-0.05, 0) is 37.6 Å². The number of piperidine rings is 1. The normalized spacial score (nSPS) is 15.6. The Morgan fingerprint density at radius 2 is 2.22 bits per heavy atom. The first-order valence-corrected chi connectivity index (χ1v) is 8.94. The van der Waals surface area contributed by atoms with Gasteiger partial charge < -0.3 is 10.2 Å². The Labute approximate surface area is 140 Å². The maximum atomic E-state index is 12.3. The van der Waals surface area contributed by atoms with Crippen LogP contribution < -0.4 is 10.2 Å². The third-order valence-corrected chi connectivity index (χ3v) is 5.17. The van der Waals surface area contributed by atoms with Crippen molar-refractivity contribution in [2.75, 3.05) is 24.5 Å². The lowest BCUT2D eigenvalue weighted by Gasteiger charge is -2.32. The number of carbonyl (C=O) groups is 1. The number of aromatic nitrogens is 2. The smallest absolute Gasteiger partial charge is 0.223 e. The number of anilines is 1. The molecule has 2 aromatic heterocycles. The number of nitrogens with one attached hydrogen (secondary N) is 1. The SMILES string of the molecule is Cc1cc(N2CCC(C(=O)NCCc3cccs3)CC2)ncn1. The number of nitrogens with zero attached hydrogens (tertiary/aromatic N) is 3. The van der Waals surface area contributed by atoms with Gasteiger partial charge >= 0.3 is 0 Å². The molecule has 0 spiro atoms. The van der Waals surface area contributed by atoms with E-state index in [2.05, 4.69) is 31.6 Å². The zero-order valence-corrected chi connectivity index (χ0v) is 14.2. The third kappa shape index (κ3) is 4.28. The molecular formula is C17H22N4OS. The van der Waals surface area contributed by atoms with Gasteiger partial charge in [0, 0.05) is 42.2 Å². The summed E-state index contributed by atoms with van der Waals surface area (Å²) in [6, 6.07) is 6.16. The summed E-state index contributed by atoms with van der Waals surface area (Å²) in [4.78, 5) is 24.3. The van der Waals surface area contributed by atoms with Crippen LogP contribution in [-0.4, -0.2) is 35.5 Å². The standard InChI is InChI=1S/C17H22N4OS/c1-13-11-16(20-12-19-13)21-8-5-14(6-9-21)17(22)18-7-4-15-3-2-10-23-15/h2-3,10-12,14H,4-9H2,1H3,(H,18,22). The van der Waals surface area contributed by atoms with E-state index in [4.69, 9.17) is 0 Å². The van der Waals surface area contributed by atoms with Crippen molar-refractivity contribution >= 4 is 23.1 Å². The second-order valence-electron chi connectivity index (χ2n) is 5.90. The van der Waals surface area contributed by atoms with E-state index in [9.17, 15) is 4.79 Å². The molecule has 1 amide bonds. The molecule has 23 heavy (non-hydrogen) atoms. The maximum absolute atomic E-state index is 12.3. The van der Waals surface area contributed by atoms with E-state index in [0.29, 0.717) is 0 Å². The minimum Gasteiger partial charge on any atom is -0.356 e. The summed E-state index contributed by atoms with van der Waals surface area (Å²) in [5.41, 5.74) is 0.975. The molecule has 5 nitrogen and oxygen atoms in total. The number of hydrogen-bond acceptors (Lipinski definition) is 5. The average Bonchev–Trinajstić information content (AvgIpc) is 3.08. The Hall–Kier alpha value is -1.95. The van der Waals surface area contributed by atoms with Gasteiger partial charge in [-0.1, -0.05) is 6.07 Å². The summed E-state index contributed by atoms with van der Waals surface area (Å²) in [6.07, 6.45) is 4.29. The minimum atomic E-state index is 0.123. The van der Waals surface area contributed by atoms with E-state index in [0.717, 1.165) is 50.4 Å². The maximum Gasteiger partial charge on any atom is 0.223 e. The quantitative estimate of drug-likeness (QED) is 0.915. The molecular weight excluding hydrogens is 308 g/mol. The monoisotopic (exact) mass is 330 g/mol. The van der Waals surface area contributed by atoms with Crippen LogP contribution in [0.2, 0.25) is 0 Å². The van der Waals surface area contributed by atoms with E-state index >= 15 is 0 Å². The number of amides is 1. The van der Waals surface area contributed by atoms with Crippen LogP contribution in [0.25, 0.3) is 0 Å². The fourth-order valence-corrected chi connectivity index (χ4v) is 3.60. The Bertz CT molecular complexity index is 636. The molecule has 0 bridgehead atoms. The average molecular weight is 330 g/mol. The van der Waals surface area contributed by atoms with Crippen molar-refractivity contribution in [2.24, 2.45) is 5.92 Å². The van der Waals surface area contributed by atoms with E-state index in [1.807, 2.05) is 19.1 Å². The molecule has 3 rings (SSSR count). The van der Waals surface area contributed by atoms with E-state index in [1.54, 1.807) is 17.7 Å². The fourth-order valence-electron chi connectivity index (χ4n) is 2.89. The molecule has 122 valence electrons. The van der Waals surface area contributed by atoms with Crippen LogP contribution in [0.1, 0.15) is 23.4 Å². The van der Waals surface area contributed by atoms with Gasteiger partial charge in [-0.25, -0.2) is 9.97 Å². The van der Waals surface area contributed by atoms with E-state index in [1.165, 1.54) is 4.88 Å². The number of thiophene rings is 1. The minimum absolute atomic E-state index is 0.123. The molecule has 6 heteroatoms. The summed E-state index contributed by atoms with van der Waals surface area (Å²) in [5, 5.41) is 5.15. The summed E-state index contributed by atoms with van der Waals surface area (Å²) in [5.74, 6) is 1.28.